The maximum Gasteiger partial charge on any atom is 0.241 e. The molecule has 1 amide bonds. The maximum atomic E-state index is 11.3. The third-order valence-corrected chi connectivity index (χ3v) is 2.59. The number of hydrogen-bond donors (Lipinski definition) is 2. The first-order valence-corrected chi connectivity index (χ1v) is 4.74. The zero-order valence-electron chi connectivity index (χ0n) is 8.23. The number of amides is 1. The SMILES string of the molecule is CC(C)C(CCO)N1CC(N)C1=O. The lowest BCUT2D eigenvalue weighted by atomic mass is 9.94. The van der Waals surface area contributed by atoms with Crippen molar-refractivity contribution in [2.45, 2.75) is 32.4 Å². The Morgan fingerprint density at radius 2 is 2.31 bits per heavy atom. The van der Waals surface area contributed by atoms with Crippen LogP contribution in [0.4, 0.5) is 0 Å². The highest BCUT2D eigenvalue weighted by Gasteiger charge is 2.38. The fourth-order valence-corrected chi connectivity index (χ4v) is 1.76. The third kappa shape index (κ3) is 2.00. The number of nitrogens with two attached hydrogens (primary N) is 1. The normalized spacial score (nSPS) is 24.8. The molecule has 0 aromatic rings. The number of hydrogen-bond acceptors (Lipinski definition) is 3. The van der Waals surface area contributed by atoms with Crippen molar-refractivity contribution >= 4 is 5.91 Å². The van der Waals surface area contributed by atoms with Crippen molar-refractivity contribution in [2.24, 2.45) is 11.7 Å². The molecule has 1 fully saturated rings. The summed E-state index contributed by atoms with van der Waals surface area (Å²) in [5.41, 5.74) is 5.49. The van der Waals surface area contributed by atoms with Gasteiger partial charge < -0.3 is 15.7 Å². The Kier molecular flexibility index (Phi) is 3.27. The molecule has 0 aromatic heterocycles. The molecule has 0 spiro atoms. The van der Waals surface area contributed by atoms with E-state index in [1.807, 2.05) is 0 Å². The van der Waals surface area contributed by atoms with Gasteiger partial charge in [-0.2, -0.15) is 0 Å². The average Bonchev–Trinajstić information content (AvgIpc) is 2.10. The van der Waals surface area contributed by atoms with Crippen LogP contribution in [0.25, 0.3) is 0 Å². The zero-order chi connectivity index (χ0) is 10.0. The minimum atomic E-state index is -0.306. The van der Waals surface area contributed by atoms with Crippen molar-refractivity contribution in [2.75, 3.05) is 13.2 Å². The largest absolute Gasteiger partial charge is 0.396 e. The van der Waals surface area contributed by atoms with Gasteiger partial charge in [-0.15, -0.1) is 0 Å². The van der Waals surface area contributed by atoms with E-state index in [0.717, 1.165) is 0 Å². The van der Waals surface area contributed by atoms with Crippen LogP contribution in [-0.4, -0.2) is 41.1 Å². The van der Waals surface area contributed by atoms with Gasteiger partial charge in [-0.1, -0.05) is 13.8 Å². The molecule has 0 bridgehead atoms. The molecule has 3 N–H and O–H groups in total. The van der Waals surface area contributed by atoms with Crippen LogP contribution < -0.4 is 5.73 Å². The van der Waals surface area contributed by atoms with E-state index in [1.165, 1.54) is 0 Å². The van der Waals surface area contributed by atoms with E-state index in [0.29, 0.717) is 18.9 Å². The molecule has 0 aliphatic carbocycles. The van der Waals surface area contributed by atoms with Crippen LogP contribution in [0.3, 0.4) is 0 Å². The Labute approximate surface area is 78.7 Å². The standard InChI is InChI=1S/C9H18N2O2/c1-6(2)8(3-4-12)11-5-7(10)9(11)13/h6-8,12H,3-5,10H2,1-2H3. The van der Waals surface area contributed by atoms with E-state index in [-0.39, 0.29) is 24.6 Å². The Bertz CT molecular complexity index is 194. The van der Waals surface area contributed by atoms with Gasteiger partial charge in [0.05, 0.1) is 0 Å². The Balaban J connectivity index is 2.51. The molecule has 0 saturated carbocycles. The van der Waals surface area contributed by atoms with Gasteiger partial charge in [0, 0.05) is 19.2 Å². The van der Waals surface area contributed by atoms with E-state index in [9.17, 15) is 4.79 Å². The van der Waals surface area contributed by atoms with Crippen LogP contribution in [0.2, 0.25) is 0 Å². The lowest BCUT2D eigenvalue weighted by molar-refractivity contribution is -0.147. The minimum absolute atomic E-state index is 0.0205. The number of aliphatic hydroxyl groups excluding tert-OH is 1. The molecule has 2 unspecified atom stereocenters. The lowest BCUT2D eigenvalue weighted by Crippen LogP contribution is -2.65. The summed E-state index contributed by atoms with van der Waals surface area (Å²) in [6.45, 7) is 4.87. The number of carbonyl (C=O) groups excluding carboxylic acids is 1. The highest BCUT2D eigenvalue weighted by Crippen LogP contribution is 2.20. The predicted molar refractivity (Wildman–Crippen MR) is 50.0 cm³/mol. The average molecular weight is 186 g/mol. The topological polar surface area (TPSA) is 66.6 Å². The number of β-lactam (4-membered cyclic amide) rings is 1. The van der Waals surface area contributed by atoms with E-state index >= 15 is 0 Å². The predicted octanol–water partition coefficient (Wildman–Crippen LogP) is -0.437. The summed E-state index contributed by atoms with van der Waals surface area (Å²) in [6, 6.07) is -0.155. The van der Waals surface area contributed by atoms with E-state index in [4.69, 9.17) is 10.8 Å². The van der Waals surface area contributed by atoms with Crippen molar-refractivity contribution in [3.8, 4) is 0 Å². The van der Waals surface area contributed by atoms with Gasteiger partial charge in [-0.3, -0.25) is 4.79 Å². The summed E-state index contributed by atoms with van der Waals surface area (Å²) >= 11 is 0. The summed E-state index contributed by atoms with van der Waals surface area (Å²) < 4.78 is 0. The maximum absolute atomic E-state index is 11.3. The number of rotatable bonds is 4. The summed E-state index contributed by atoms with van der Waals surface area (Å²) in [7, 11) is 0. The Morgan fingerprint density at radius 3 is 2.62 bits per heavy atom. The fraction of sp³-hybridized carbons (Fsp3) is 0.889. The van der Waals surface area contributed by atoms with Crippen molar-refractivity contribution in [3.05, 3.63) is 0 Å². The van der Waals surface area contributed by atoms with Crippen molar-refractivity contribution < 1.29 is 9.90 Å². The third-order valence-electron chi connectivity index (χ3n) is 2.59. The molecule has 1 rings (SSSR count). The molecule has 76 valence electrons. The summed E-state index contributed by atoms with van der Waals surface area (Å²) in [6.07, 6.45) is 0.649. The molecule has 0 aromatic carbocycles. The molecule has 4 nitrogen and oxygen atoms in total. The fourth-order valence-electron chi connectivity index (χ4n) is 1.76. The summed E-state index contributed by atoms with van der Waals surface area (Å²) in [5, 5.41) is 8.84. The lowest BCUT2D eigenvalue weighted by Gasteiger charge is -2.43. The van der Waals surface area contributed by atoms with Crippen LogP contribution in [0.15, 0.2) is 0 Å². The molecular formula is C9H18N2O2. The van der Waals surface area contributed by atoms with Crippen molar-refractivity contribution in [3.63, 3.8) is 0 Å². The monoisotopic (exact) mass is 186 g/mol. The molecular weight excluding hydrogens is 168 g/mol. The second-order valence-electron chi connectivity index (χ2n) is 3.92. The molecule has 2 atom stereocenters. The summed E-state index contributed by atoms with van der Waals surface area (Å²) in [4.78, 5) is 13.1. The van der Waals surface area contributed by atoms with Gasteiger partial charge in [0.1, 0.15) is 6.04 Å². The zero-order valence-corrected chi connectivity index (χ0v) is 8.23. The van der Waals surface area contributed by atoms with Crippen molar-refractivity contribution in [1.29, 1.82) is 0 Å². The first-order valence-electron chi connectivity index (χ1n) is 4.74. The van der Waals surface area contributed by atoms with E-state index in [2.05, 4.69) is 13.8 Å². The second-order valence-corrected chi connectivity index (χ2v) is 3.92. The van der Waals surface area contributed by atoms with Crippen LogP contribution in [0.1, 0.15) is 20.3 Å². The van der Waals surface area contributed by atoms with Crippen LogP contribution in [0.5, 0.6) is 0 Å². The van der Waals surface area contributed by atoms with Gasteiger partial charge in [-0.25, -0.2) is 0 Å². The number of nitrogens with zero attached hydrogens (tertiary/aromatic N) is 1. The molecule has 0 radical (unpaired) electrons. The number of aliphatic hydroxyl groups is 1. The van der Waals surface area contributed by atoms with Gasteiger partial charge >= 0.3 is 0 Å². The highest BCUT2D eigenvalue weighted by atomic mass is 16.3. The minimum Gasteiger partial charge on any atom is -0.396 e. The Morgan fingerprint density at radius 1 is 1.69 bits per heavy atom. The molecule has 4 heteroatoms. The van der Waals surface area contributed by atoms with Crippen LogP contribution in [0, 0.1) is 5.92 Å². The quantitative estimate of drug-likeness (QED) is 0.585. The van der Waals surface area contributed by atoms with Crippen LogP contribution in [-0.2, 0) is 4.79 Å². The highest BCUT2D eigenvalue weighted by molar-refractivity contribution is 5.88. The van der Waals surface area contributed by atoms with Gasteiger partial charge in [0.2, 0.25) is 5.91 Å². The number of carbonyl (C=O) groups is 1. The smallest absolute Gasteiger partial charge is 0.241 e. The molecule has 13 heavy (non-hydrogen) atoms. The van der Waals surface area contributed by atoms with Gasteiger partial charge in [0.25, 0.3) is 0 Å². The molecule has 1 aliphatic heterocycles. The second kappa shape index (κ2) is 4.07. The number of likely N-dealkylation sites (tertiary alicyclic amines) is 1. The Hall–Kier alpha value is -0.610. The van der Waals surface area contributed by atoms with Gasteiger partial charge in [0.15, 0.2) is 0 Å². The summed E-state index contributed by atoms with van der Waals surface area (Å²) in [5.74, 6) is 0.399. The molecule has 1 aliphatic rings. The van der Waals surface area contributed by atoms with Crippen molar-refractivity contribution in [1.82, 2.24) is 4.90 Å². The van der Waals surface area contributed by atoms with Gasteiger partial charge in [-0.05, 0) is 12.3 Å². The molecule has 1 saturated heterocycles. The van der Waals surface area contributed by atoms with E-state index < -0.39 is 0 Å². The first kappa shape index (κ1) is 10.5. The molecule has 1 heterocycles. The first-order chi connectivity index (χ1) is 6.07. The van der Waals surface area contributed by atoms with E-state index in [1.54, 1.807) is 4.90 Å². The van der Waals surface area contributed by atoms with Crippen LogP contribution >= 0.6 is 0 Å².